The highest BCUT2D eigenvalue weighted by Gasteiger charge is 2.35. The van der Waals surface area contributed by atoms with Crippen LogP contribution >= 0.6 is 11.8 Å². The molecule has 24 heavy (non-hydrogen) atoms. The van der Waals surface area contributed by atoms with Gasteiger partial charge in [-0.1, -0.05) is 54.6 Å². The Hall–Kier alpha value is -1.55. The summed E-state index contributed by atoms with van der Waals surface area (Å²) in [5.74, 6) is 0. The predicted molar refractivity (Wildman–Crippen MR) is 101 cm³/mol. The molecule has 0 N–H and O–H groups in total. The second-order valence-corrected chi connectivity index (χ2v) is 7.36. The van der Waals surface area contributed by atoms with Gasteiger partial charge in [-0.05, 0) is 35.4 Å². The highest BCUT2D eigenvalue weighted by atomic mass is 32.2. The van der Waals surface area contributed by atoms with Crippen LogP contribution in [0.25, 0.3) is 5.57 Å². The van der Waals surface area contributed by atoms with Gasteiger partial charge in [-0.15, -0.1) is 11.8 Å². The average Bonchev–Trinajstić information content (AvgIpc) is 2.62. The molecule has 0 saturated carbocycles. The first kappa shape index (κ1) is 15.9. The number of rotatable bonds is 4. The summed E-state index contributed by atoms with van der Waals surface area (Å²) < 4.78 is 5.85. The normalized spacial score (nSPS) is 23.8. The second kappa shape index (κ2) is 7.14. The van der Waals surface area contributed by atoms with Crippen molar-refractivity contribution < 1.29 is 4.74 Å². The maximum atomic E-state index is 5.85. The minimum atomic E-state index is 0.377. The summed E-state index contributed by atoms with van der Waals surface area (Å²) in [6.07, 6.45) is 5.67. The Kier molecular flexibility index (Phi) is 4.74. The molecule has 2 aliphatic heterocycles. The van der Waals surface area contributed by atoms with Gasteiger partial charge in [0, 0.05) is 17.5 Å². The van der Waals surface area contributed by atoms with Crippen molar-refractivity contribution in [2.24, 2.45) is 0 Å². The molecule has 0 spiro atoms. The Morgan fingerprint density at radius 1 is 1.04 bits per heavy atom. The van der Waals surface area contributed by atoms with E-state index >= 15 is 0 Å². The number of thioether (sulfide) groups is 1. The number of hydrogen-bond acceptors (Lipinski definition) is 3. The Balaban J connectivity index is 1.62. The lowest BCUT2D eigenvalue weighted by Crippen LogP contribution is -2.53. The minimum absolute atomic E-state index is 0.377. The second-order valence-electron chi connectivity index (χ2n) is 6.51. The van der Waals surface area contributed by atoms with E-state index in [0.717, 1.165) is 26.2 Å². The van der Waals surface area contributed by atoms with E-state index in [4.69, 9.17) is 4.74 Å². The molecule has 1 fully saturated rings. The predicted octanol–water partition coefficient (Wildman–Crippen LogP) is 4.47. The van der Waals surface area contributed by atoms with Crippen LogP contribution < -0.4 is 0 Å². The number of ether oxygens (including phenoxy) is 1. The van der Waals surface area contributed by atoms with E-state index in [-0.39, 0.29) is 0 Å². The number of nitrogens with zero attached hydrogens (tertiary/aromatic N) is 1. The molecule has 4 rings (SSSR count). The van der Waals surface area contributed by atoms with Gasteiger partial charge in [0.15, 0.2) is 0 Å². The van der Waals surface area contributed by atoms with Crippen molar-refractivity contribution in [1.29, 1.82) is 0 Å². The first-order valence-corrected chi connectivity index (χ1v) is 9.79. The van der Waals surface area contributed by atoms with Gasteiger partial charge in [-0.2, -0.15) is 0 Å². The van der Waals surface area contributed by atoms with Gasteiger partial charge in [0.05, 0.1) is 19.3 Å². The topological polar surface area (TPSA) is 12.5 Å². The smallest absolute Gasteiger partial charge is 0.0658 e. The van der Waals surface area contributed by atoms with Crippen molar-refractivity contribution in [3.8, 4) is 0 Å². The molecule has 3 heteroatoms. The zero-order valence-corrected chi connectivity index (χ0v) is 14.8. The van der Waals surface area contributed by atoms with Crippen molar-refractivity contribution in [2.45, 2.75) is 29.9 Å². The standard InChI is InChI=1S/C21H23NOS/c1-24-21-10-6-5-9-20(21)17-11-18-14-23-15-19(12-17)22(18)13-16-7-3-2-4-8-16/h2-11,18-19H,12-15H2,1H3. The summed E-state index contributed by atoms with van der Waals surface area (Å²) in [4.78, 5) is 3.99. The molecule has 2 aliphatic rings. The van der Waals surface area contributed by atoms with Crippen molar-refractivity contribution >= 4 is 17.3 Å². The molecule has 0 aromatic heterocycles. The van der Waals surface area contributed by atoms with Crippen molar-refractivity contribution in [1.82, 2.24) is 4.90 Å². The first-order valence-electron chi connectivity index (χ1n) is 8.56. The molecule has 2 atom stereocenters. The average molecular weight is 337 g/mol. The van der Waals surface area contributed by atoms with E-state index in [9.17, 15) is 0 Å². The highest BCUT2D eigenvalue weighted by Crippen LogP contribution is 2.36. The molecule has 2 aromatic carbocycles. The maximum Gasteiger partial charge on any atom is 0.0658 e. The van der Waals surface area contributed by atoms with Crippen molar-refractivity contribution in [2.75, 3.05) is 19.5 Å². The van der Waals surface area contributed by atoms with Crippen LogP contribution in [0.2, 0.25) is 0 Å². The largest absolute Gasteiger partial charge is 0.378 e. The first-order chi connectivity index (χ1) is 11.8. The molecule has 0 aliphatic carbocycles. The van der Waals surface area contributed by atoms with Gasteiger partial charge in [0.1, 0.15) is 0 Å². The lowest BCUT2D eigenvalue weighted by atomic mass is 9.89. The fourth-order valence-corrected chi connectivity index (χ4v) is 4.45. The number of morpholine rings is 1. The lowest BCUT2D eigenvalue weighted by Gasteiger charge is -2.45. The van der Waals surface area contributed by atoms with Crippen LogP contribution in [0, 0.1) is 0 Å². The van der Waals surface area contributed by atoms with Crippen LogP contribution in [-0.2, 0) is 11.3 Å². The molecular weight excluding hydrogens is 314 g/mol. The Labute approximate surface area is 148 Å². The van der Waals surface area contributed by atoms with E-state index < -0.39 is 0 Å². The summed E-state index contributed by atoms with van der Waals surface area (Å²) >= 11 is 1.83. The number of hydrogen-bond donors (Lipinski definition) is 0. The molecule has 0 amide bonds. The zero-order valence-electron chi connectivity index (χ0n) is 14.0. The Morgan fingerprint density at radius 3 is 2.62 bits per heavy atom. The van der Waals surface area contributed by atoms with Crippen LogP contribution in [0.5, 0.6) is 0 Å². The summed E-state index contributed by atoms with van der Waals surface area (Å²) in [7, 11) is 0. The molecule has 2 heterocycles. The minimum Gasteiger partial charge on any atom is -0.378 e. The summed E-state index contributed by atoms with van der Waals surface area (Å²) in [6, 6.07) is 20.4. The van der Waals surface area contributed by atoms with Gasteiger partial charge >= 0.3 is 0 Å². The summed E-state index contributed by atoms with van der Waals surface area (Å²) in [6.45, 7) is 2.64. The van der Waals surface area contributed by atoms with Gasteiger partial charge in [-0.25, -0.2) is 0 Å². The van der Waals surface area contributed by atoms with Crippen LogP contribution in [0.15, 0.2) is 65.6 Å². The van der Waals surface area contributed by atoms with Gasteiger partial charge in [0.2, 0.25) is 0 Å². The molecule has 2 unspecified atom stereocenters. The monoisotopic (exact) mass is 337 g/mol. The quantitative estimate of drug-likeness (QED) is 0.764. The number of fused-ring (bicyclic) bond motifs is 2. The van der Waals surface area contributed by atoms with Gasteiger partial charge < -0.3 is 4.74 Å². The van der Waals surface area contributed by atoms with Gasteiger partial charge in [0.25, 0.3) is 0 Å². The Morgan fingerprint density at radius 2 is 1.83 bits per heavy atom. The van der Waals surface area contributed by atoms with Crippen molar-refractivity contribution in [3.63, 3.8) is 0 Å². The number of benzene rings is 2. The fourth-order valence-electron chi connectivity index (χ4n) is 3.81. The fraction of sp³-hybridized carbons (Fsp3) is 0.333. The molecule has 2 aromatic rings. The highest BCUT2D eigenvalue weighted by molar-refractivity contribution is 7.98. The molecule has 2 bridgehead atoms. The van der Waals surface area contributed by atoms with Crippen LogP contribution in [0.1, 0.15) is 17.5 Å². The van der Waals surface area contributed by atoms with Crippen molar-refractivity contribution in [3.05, 3.63) is 71.8 Å². The lowest BCUT2D eigenvalue weighted by molar-refractivity contribution is -0.0403. The maximum absolute atomic E-state index is 5.85. The van der Waals surface area contributed by atoms with Gasteiger partial charge in [-0.3, -0.25) is 4.90 Å². The third-order valence-corrected chi connectivity index (χ3v) is 5.80. The van der Waals surface area contributed by atoms with Crippen LogP contribution in [-0.4, -0.2) is 36.5 Å². The van der Waals surface area contributed by atoms with E-state index in [0.29, 0.717) is 12.1 Å². The van der Waals surface area contributed by atoms with E-state index in [1.54, 1.807) is 0 Å². The van der Waals surface area contributed by atoms with Crippen LogP contribution in [0.4, 0.5) is 0 Å². The van der Waals surface area contributed by atoms with Crippen LogP contribution in [0.3, 0.4) is 0 Å². The third kappa shape index (κ3) is 3.16. The molecule has 0 radical (unpaired) electrons. The SMILES string of the molecule is CSc1ccccc1C1=CC2COCC(C1)N2Cc1ccccc1. The summed E-state index contributed by atoms with van der Waals surface area (Å²) in [5.41, 5.74) is 4.28. The van der Waals surface area contributed by atoms with E-state index in [2.05, 4.69) is 71.8 Å². The molecule has 124 valence electrons. The van der Waals surface area contributed by atoms with E-state index in [1.807, 2.05) is 11.8 Å². The molecule has 1 saturated heterocycles. The molecular formula is C21H23NOS. The Bertz CT molecular complexity index is 728. The molecule has 2 nitrogen and oxygen atoms in total. The van der Waals surface area contributed by atoms with E-state index in [1.165, 1.54) is 21.6 Å². The zero-order chi connectivity index (χ0) is 16.4. The third-order valence-electron chi connectivity index (χ3n) is 5.00. The summed E-state index contributed by atoms with van der Waals surface area (Å²) in [5, 5.41) is 0.